The number of nitrogens with one attached hydrogen (secondary N) is 3. The Balaban J connectivity index is 1.79. The lowest BCUT2D eigenvalue weighted by atomic mass is 10.2. The van der Waals surface area contributed by atoms with Crippen LogP contribution in [0.3, 0.4) is 0 Å². The molecule has 0 spiro atoms. The van der Waals surface area contributed by atoms with Crippen molar-refractivity contribution in [2.45, 2.75) is 6.92 Å². The molecule has 0 unspecified atom stereocenters. The summed E-state index contributed by atoms with van der Waals surface area (Å²) in [6.07, 6.45) is 0. The van der Waals surface area contributed by atoms with Crippen LogP contribution in [0.15, 0.2) is 42.5 Å². The van der Waals surface area contributed by atoms with Gasteiger partial charge < -0.3 is 14.2 Å². The highest BCUT2D eigenvalue weighted by atomic mass is 35.5. The summed E-state index contributed by atoms with van der Waals surface area (Å²) in [5.41, 5.74) is 5.03. The van der Waals surface area contributed by atoms with Gasteiger partial charge in [0.05, 0.1) is 17.2 Å². The second-order valence-electron chi connectivity index (χ2n) is 5.86. The highest BCUT2D eigenvalue weighted by Gasteiger charge is 2.14. The van der Waals surface area contributed by atoms with Gasteiger partial charge in [0.15, 0.2) is 11.7 Å². The van der Waals surface area contributed by atoms with Crippen molar-refractivity contribution >= 4 is 52.3 Å². The summed E-state index contributed by atoms with van der Waals surface area (Å²) < 4.78 is 16.1. The molecule has 0 aliphatic rings. The number of hydrazine groups is 1. The molecule has 0 radical (unpaired) electrons. The highest BCUT2D eigenvalue weighted by molar-refractivity contribution is 7.80. The lowest BCUT2D eigenvalue weighted by Crippen LogP contribution is -2.49. The van der Waals surface area contributed by atoms with Crippen molar-refractivity contribution in [1.29, 1.82) is 0 Å². The zero-order valence-electron chi connectivity index (χ0n) is 16.6. The molecule has 0 atom stereocenters. The Labute approximate surface area is 195 Å². The van der Waals surface area contributed by atoms with Gasteiger partial charge in [-0.25, -0.2) is 0 Å². The van der Waals surface area contributed by atoms with E-state index in [-0.39, 0.29) is 22.3 Å². The van der Waals surface area contributed by atoms with Gasteiger partial charge in [0.25, 0.3) is 11.8 Å². The predicted molar refractivity (Wildman–Crippen MR) is 122 cm³/mol. The van der Waals surface area contributed by atoms with E-state index < -0.39 is 11.8 Å². The Hall–Kier alpha value is -2.59. The summed E-state index contributed by atoms with van der Waals surface area (Å²) in [6, 6.07) is 11.3. The van der Waals surface area contributed by atoms with Gasteiger partial charge in [-0.3, -0.25) is 25.8 Å². The minimum atomic E-state index is -0.540. The van der Waals surface area contributed by atoms with Gasteiger partial charge in [0.2, 0.25) is 0 Å². The van der Waals surface area contributed by atoms with Crippen molar-refractivity contribution in [2.75, 3.05) is 26.4 Å². The monoisotopic (exact) mass is 485 g/mol. The topological polar surface area (TPSA) is 97.9 Å². The van der Waals surface area contributed by atoms with Crippen molar-refractivity contribution in [3.8, 4) is 11.5 Å². The summed E-state index contributed by atoms with van der Waals surface area (Å²) in [5, 5.41) is 3.08. The Morgan fingerprint density at radius 1 is 1.00 bits per heavy atom. The fraction of sp³-hybridized carbons (Fsp3) is 0.250. The van der Waals surface area contributed by atoms with Crippen molar-refractivity contribution in [3.05, 3.63) is 58.1 Å². The van der Waals surface area contributed by atoms with Crippen LogP contribution in [-0.4, -0.2) is 43.4 Å². The predicted octanol–water partition coefficient (Wildman–Crippen LogP) is 3.12. The van der Waals surface area contributed by atoms with Crippen molar-refractivity contribution in [1.82, 2.24) is 16.2 Å². The molecule has 31 heavy (non-hydrogen) atoms. The average Bonchev–Trinajstić information content (AvgIpc) is 2.75. The van der Waals surface area contributed by atoms with Crippen molar-refractivity contribution in [3.63, 3.8) is 0 Å². The molecule has 0 aliphatic heterocycles. The molecule has 0 bridgehead atoms. The lowest BCUT2D eigenvalue weighted by Gasteiger charge is -2.14. The molecule has 0 saturated carbocycles. The molecule has 3 N–H and O–H groups in total. The number of hydrogen-bond donors (Lipinski definition) is 3. The van der Waals surface area contributed by atoms with E-state index in [1.807, 2.05) is 6.92 Å². The highest BCUT2D eigenvalue weighted by Crippen LogP contribution is 2.27. The second kappa shape index (κ2) is 13.0. The molecule has 2 aromatic carbocycles. The molecule has 0 saturated heterocycles. The number of rotatable bonds is 9. The zero-order valence-corrected chi connectivity index (χ0v) is 18.9. The third-order valence-electron chi connectivity index (χ3n) is 3.62. The molecular formula is C20H21Cl2N3O5S. The van der Waals surface area contributed by atoms with Crippen LogP contribution in [-0.2, 0) is 9.53 Å². The van der Waals surface area contributed by atoms with Crippen LogP contribution >= 0.6 is 35.4 Å². The summed E-state index contributed by atoms with van der Waals surface area (Å²) in [7, 11) is 0. The van der Waals surface area contributed by atoms with Crippen LogP contribution < -0.4 is 25.6 Å². The fourth-order valence-corrected chi connectivity index (χ4v) is 2.84. The van der Waals surface area contributed by atoms with Crippen LogP contribution in [0.25, 0.3) is 0 Å². The van der Waals surface area contributed by atoms with E-state index in [9.17, 15) is 9.59 Å². The van der Waals surface area contributed by atoms with Gasteiger partial charge >= 0.3 is 0 Å². The molecule has 0 fully saturated rings. The van der Waals surface area contributed by atoms with E-state index in [2.05, 4.69) is 16.2 Å². The molecular weight excluding hydrogens is 465 g/mol. The molecule has 0 aliphatic carbocycles. The largest absolute Gasteiger partial charge is 0.490 e. The van der Waals surface area contributed by atoms with Gasteiger partial charge in [0.1, 0.15) is 18.1 Å². The Morgan fingerprint density at radius 3 is 2.52 bits per heavy atom. The summed E-state index contributed by atoms with van der Waals surface area (Å²) in [4.78, 5) is 24.4. The number of carbonyl (C=O) groups is 2. The first-order chi connectivity index (χ1) is 14.9. The lowest BCUT2D eigenvalue weighted by molar-refractivity contribution is -0.123. The van der Waals surface area contributed by atoms with Gasteiger partial charge in [-0.1, -0.05) is 35.3 Å². The van der Waals surface area contributed by atoms with Gasteiger partial charge in [-0.2, -0.15) is 0 Å². The number of para-hydroxylation sites is 1. The summed E-state index contributed by atoms with van der Waals surface area (Å²) in [6.45, 7) is 2.83. The number of ether oxygens (including phenoxy) is 3. The number of thiocarbonyl (C=S) groups is 1. The van der Waals surface area contributed by atoms with E-state index in [1.165, 1.54) is 6.07 Å². The van der Waals surface area contributed by atoms with Gasteiger partial charge in [-0.05, 0) is 49.5 Å². The maximum absolute atomic E-state index is 12.5. The number of amides is 2. The summed E-state index contributed by atoms with van der Waals surface area (Å²) in [5.74, 6) is -0.344. The van der Waals surface area contributed by atoms with E-state index in [0.717, 1.165) is 0 Å². The quantitative estimate of drug-likeness (QED) is 0.285. The zero-order chi connectivity index (χ0) is 22.6. The maximum Gasteiger partial charge on any atom is 0.276 e. The van der Waals surface area contributed by atoms with E-state index in [4.69, 9.17) is 49.6 Å². The van der Waals surface area contributed by atoms with Crippen LogP contribution in [0.5, 0.6) is 11.5 Å². The number of benzene rings is 2. The first-order valence-corrected chi connectivity index (χ1v) is 10.3. The molecule has 166 valence electrons. The number of hydrogen-bond acceptors (Lipinski definition) is 6. The first kappa shape index (κ1) is 24.7. The van der Waals surface area contributed by atoms with Crippen molar-refractivity contribution < 1.29 is 23.8 Å². The number of halogens is 2. The third-order valence-corrected chi connectivity index (χ3v) is 4.35. The molecule has 8 nitrogen and oxygen atoms in total. The first-order valence-electron chi connectivity index (χ1n) is 9.18. The van der Waals surface area contributed by atoms with E-state index in [0.29, 0.717) is 36.3 Å². The molecule has 2 amide bonds. The fourth-order valence-electron chi connectivity index (χ4n) is 2.23. The number of carbonyl (C=O) groups excluding carboxylic acids is 2. The van der Waals surface area contributed by atoms with Crippen LogP contribution in [0.4, 0.5) is 0 Å². The molecule has 0 heterocycles. The minimum Gasteiger partial charge on any atom is -0.490 e. The smallest absolute Gasteiger partial charge is 0.276 e. The van der Waals surface area contributed by atoms with Crippen molar-refractivity contribution in [2.24, 2.45) is 0 Å². The average molecular weight is 486 g/mol. The summed E-state index contributed by atoms with van der Waals surface area (Å²) >= 11 is 16.8. The second-order valence-corrected chi connectivity index (χ2v) is 7.11. The Morgan fingerprint density at radius 2 is 1.77 bits per heavy atom. The van der Waals surface area contributed by atoms with E-state index >= 15 is 0 Å². The van der Waals surface area contributed by atoms with Crippen LogP contribution in [0.2, 0.25) is 10.0 Å². The standard InChI is InChI=1S/C20H21Cl2N3O5S/c1-2-28-9-10-29-16-6-4-3-5-14(16)19(27)23-20(31)25-24-18(26)12-30-17-8-7-13(21)11-15(17)22/h3-8,11H,2,9-10,12H2,1H3,(H,24,26)(H2,23,25,27,31). The third kappa shape index (κ3) is 8.58. The maximum atomic E-state index is 12.5. The van der Waals surface area contributed by atoms with Gasteiger partial charge in [0, 0.05) is 11.6 Å². The van der Waals surface area contributed by atoms with Gasteiger partial charge in [-0.15, -0.1) is 0 Å². The van der Waals surface area contributed by atoms with Crippen LogP contribution in [0, 0.1) is 0 Å². The molecule has 2 rings (SSSR count). The Bertz CT molecular complexity index is 929. The SMILES string of the molecule is CCOCCOc1ccccc1C(=O)NC(=S)NNC(=O)COc1ccc(Cl)cc1Cl. The minimum absolute atomic E-state index is 0.105. The Kier molecular flexibility index (Phi) is 10.3. The molecule has 11 heteroatoms. The molecule has 2 aromatic rings. The van der Waals surface area contributed by atoms with E-state index in [1.54, 1.807) is 36.4 Å². The molecule has 0 aromatic heterocycles. The van der Waals surface area contributed by atoms with Crippen LogP contribution in [0.1, 0.15) is 17.3 Å². The normalized spacial score (nSPS) is 10.2.